The maximum Gasteiger partial charge on any atom is 0.229 e. The van der Waals surface area contributed by atoms with Crippen LogP contribution < -0.4 is 15.1 Å². The number of carbonyl (C=O) groups excluding carboxylic acids is 2. The van der Waals surface area contributed by atoms with Crippen molar-refractivity contribution in [3.05, 3.63) is 66.2 Å². The lowest BCUT2D eigenvalue weighted by molar-refractivity contribution is -0.122. The highest BCUT2D eigenvalue weighted by atomic mass is 16.2. The first-order valence-corrected chi connectivity index (χ1v) is 12.6. The standard InChI is InChI=1S/C29H30N4O2/c1-2-19-6-5-7-25-24-13-8-21(17-26(24)31-28(19)25)30-29(35)20-16-27(34)33(18-20)23-11-9-22(10-12-23)32-14-3-4-15-32/h5-13,17,20,31H,2-4,14-16,18H2,1H3,(H,30,35). The summed E-state index contributed by atoms with van der Waals surface area (Å²) in [7, 11) is 0. The molecule has 0 bridgehead atoms. The van der Waals surface area contributed by atoms with E-state index < -0.39 is 0 Å². The third-order valence-corrected chi connectivity index (χ3v) is 7.50. The van der Waals surface area contributed by atoms with Crippen molar-refractivity contribution in [3.63, 3.8) is 0 Å². The van der Waals surface area contributed by atoms with Gasteiger partial charge in [0.15, 0.2) is 0 Å². The molecular weight excluding hydrogens is 436 g/mol. The zero-order valence-corrected chi connectivity index (χ0v) is 20.0. The van der Waals surface area contributed by atoms with E-state index in [1.165, 1.54) is 29.5 Å². The first-order valence-electron chi connectivity index (χ1n) is 12.6. The minimum Gasteiger partial charge on any atom is -0.372 e. The summed E-state index contributed by atoms with van der Waals surface area (Å²) in [5, 5.41) is 5.39. The number of fused-ring (bicyclic) bond motifs is 3. The van der Waals surface area contributed by atoms with Gasteiger partial charge >= 0.3 is 0 Å². The number of aromatic amines is 1. The molecule has 1 atom stereocenters. The topological polar surface area (TPSA) is 68.4 Å². The van der Waals surface area contributed by atoms with Crippen LogP contribution in [0.3, 0.4) is 0 Å². The normalized spacial score (nSPS) is 18.2. The lowest BCUT2D eigenvalue weighted by Gasteiger charge is -2.20. The van der Waals surface area contributed by atoms with E-state index in [4.69, 9.17) is 0 Å². The van der Waals surface area contributed by atoms with Gasteiger partial charge in [-0.15, -0.1) is 0 Å². The predicted octanol–water partition coefficient (Wildman–Crippen LogP) is 5.48. The van der Waals surface area contributed by atoms with Crippen molar-refractivity contribution >= 4 is 50.7 Å². The second-order valence-corrected chi connectivity index (χ2v) is 9.68. The zero-order valence-electron chi connectivity index (χ0n) is 20.0. The van der Waals surface area contributed by atoms with Crippen LogP contribution in [-0.2, 0) is 16.0 Å². The molecule has 6 heteroatoms. The Morgan fingerprint density at radius 3 is 2.54 bits per heavy atom. The van der Waals surface area contributed by atoms with Gasteiger partial charge in [-0.05, 0) is 61.2 Å². The van der Waals surface area contributed by atoms with Gasteiger partial charge in [-0.1, -0.05) is 31.2 Å². The van der Waals surface area contributed by atoms with Crippen LogP contribution in [-0.4, -0.2) is 36.4 Å². The van der Waals surface area contributed by atoms with Crippen molar-refractivity contribution in [2.45, 2.75) is 32.6 Å². The van der Waals surface area contributed by atoms with Gasteiger partial charge in [0.05, 0.1) is 5.92 Å². The summed E-state index contributed by atoms with van der Waals surface area (Å²) in [6, 6.07) is 20.5. The Balaban J connectivity index is 1.16. The van der Waals surface area contributed by atoms with E-state index in [-0.39, 0.29) is 24.2 Å². The number of carbonyl (C=O) groups is 2. The summed E-state index contributed by atoms with van der Waals surface area (Å²) >= 11 is 0. The second-order valence-electron chi connectivity index (χ2n) is 9.68. The SMILES string of the molecule is CCc1cccc2c1[nH]c1cc(NC(=O)C3CC(=O)N(c4ccc(N5CCCC5)cc4)C3)ccc12. The van der Waals surface area contributed by atoms with Crippen LogP contribution in [0.1, 0.15) is 31.7 Å². The van der Waals surface area contributed by atoms with E-state index in [0.29, 0.717) is 6.54 Å². The average Bonchev–Trinajstić information content (AvgIpc) is 3.62. The number of amides is 2. The molecule has 6 rings (SSSR count). The lowest BCUT2D eigenvalue weighted by atomic mass is 10.1. The maximum absolute atomic E-state index is 13.1. The molecule has 2 aliphatic rings. The van der Waals surface area contributed by atoms with E-state index in [1.54, 1.807) is 4.90 Å². The molecule has 6 nitrogen and oxygen atoms in total. The molecule has 0 radical (unpaired) electrons. The fourth-order valence-electron chi connectivity index (χ4n) is 5.56. The molecule has 1 aromatic heterocycles. The third-order valence-electron chi connectivity index (χ3n) is 7.50. The summed E-state index contributed by atoms with van der Waals surface area (Å²) < 4.78 is 0. The molecule has 2 amide bonds. The molecule has 0 spiro atoms. The molecule has 3 aromatic carbocycles. The Bertz CT molecular complexity index is 1420. The van der Waals surface area contributed by atoms with Crippen LogP contribution in [0.4, 0.5) is 17.1 Å². The molecule has 2 fully saturated rings. The largest absolute Gasteiger partial charge is 0.372 e. The summed E-state index contributed by atoms with van der Waals surface area (Å²) in [4.78, 5) is 33.5. The van der Waals surface area contributed by atoms with Gasteiger partial charge in [0.2, 0.25) is 11.8 Å². The molecule has 4 aromatic rings. The van der Waals surface area contributed by atoms with Crippen LogP contribution in [0, 0.1) is 5.92 Å². The molecule has 178 valence electrons. The maximum atomic E-state index is 13.1. The van der Waals surface area contributed by atoms with E-state index in [0.717, 1.165) is 47.3 Å². The third kappa shape index (κ3) is 3.93. The number of aryl methyl sites for hydroxylation is 1. The molecule has 0 saturated carbocycles. The number of hydrogen-bond donors (Lipinski definition) is 2. The van der Waals surface area contributed by atoms with Gasteiger partial charge in [-0.25, -0.2) is 0 Å². The smallest absolute Gasteiger partial charge is 0.229 e. The van der Waals surface area contributed by atoms with E-state index >= 15 is 0 Å². The molecule has 3 heterocycles. The van der Waals surface area contributed by atoms with Crippen LogP contribution in [0.2, 0.25) is 0 Å². The summed E-state index contributed by atoms with van der Waals surface area (Å²) in [5.74, 6) is -0.484. The van der Waals surface area contributed by atoms with Gasteiger partial charge in [0.1, 0.15) is 0 Å². The molecular formula is C29H30N4O2. The van der Waals surface area contributed by atoms with Gasteiger partial charge in [0.25, 0.3) is 0 Å². The number of hydrogen-bond acceptors (Lipinski definition) is 3. The summed E-state index contributed by atoms with van der Waals surface area (Å²) in [6.07, 6.45) is 3.65. The van der Waals surface area contributed by atoms with E-state index in [1.807, 2.05) is 24.3 Å². The van der Waals surface area contributed by atoms with Crippen molar-refractivity contribution in [2.75, 3.05) is 34.8 Å². The second kappa shape index (κ2) is 8.77. The van der Waals surface area contributed by atoms with Crippen LogP contribution in [0.5, 0.6) is 0 Å². The number of rotatable bonds is 5. The number of nitrogens with zero attached hydrogens (tertiary/aromatic N) is 2. The van der Waals surface area contributed by atoms with Crippen molar-refractivity contribution in [2.24, 2.45) is 5.92 Å². The number of para-hydroxylation sites is 1. The molecule has 2 N–H and O–H groups in total. The first kappa shape index (κ1) is 21.7. The molecule has 2 saturated heterocycles. The first-order chi connectivity index (χ1) is 17.1. The number of nitrogens with one attached hydrogen (secondary N) is 2. The molecule has 0 aliphatic carbocycles. The van der Waals surface area contributed by atoms with Crippen molar-refractivity contribution in [1.29, 1.82) is 0 Å². The average molecular weight is 467 g/mol. The van der Waals surface area contributed by atoms with Gasteiger partial charge in [-0.3, -0.25) is 9.59 Å². The quantitative estimate of drug-likeness (QED) is 0.410. The van der Waals surface area contributed by atoms with Crippen molar-refractivity contribution < 1.29 is 9.59 Å². The Labute approximate surface area is 204 Å². The molecule has 1 unspecified atom stereocenters. The van der Waals surface area contributed by atoms with Crippen molar-refractivity contribution in [3.8, 4) is 0 Å². The number of benzene rings is 3. The van der Waals surface area contributed by atoms with Crippen LogP contribution >= 0.6 is 0 Å². The fourth-order valence-corrected chi connectivity index (χ4v) is 5.56. The van der Waals surface area contributed by atoms with E-state index in [2.05, 4.69) is 58.5 Å². The lowest BCUT2D eigenvalue weighted by Crippen LogP contribution is -2.28. The summed E-state index contributed by atoms with van der Waals surface area (Å²) in [6.45, 7) is 4.74. The minimum absolute atomic E-state index is 0.00256. The number of anilines is 3. The highest BCUT2D eigenvalue weighted by Crippen LogP contribution is 2.31. The molecule has 35 heavy (non-hydrogen) atoms. The Hall–Kier alpha value is -3.80. The van der Waals surface area contributed by atoms with Crippen molar-refractivity contribution in [1.82, 2.24) is 4.98 Å². The monoisotopic (exact) mass is 466 g/mol. The van der Waals surface area contributed by atoms with Crippen LogP contribution in [0.15, 0.2) is 60.7 Å². The van der Waals surface area contributed by atoms with Gasteiger partial charge < -0.3 is 20.1 Å². The number of H-pyrrole nitrogens is 1. The van der Waals surface area contributed by atoms with Gasteiger partial charge in [-0.2, -0.15) is 0 Å². The van der Waals surface area contributed by atoms with E-state index in [9.17, 15) is 9.59 Å². The Kier molecular flexibility index (Phi) is 5.44. The predicted molar refractivity (Wildman–Crippen MR) is 142 cm³/mol. The Morgan fingerprint density at radius 2 is 1.77 bits per heavy atom. The molecule has 2 aliphatic heterocycles. The zero-order chi connectivity index (χ0) is 23.9. The highest BCUT2D eigenvalue weighted by Gasteiger charge is 2.35. The minimum atomic E-state index is -0.370. The number of aromatic nitrogens is 1. The summed E-state index contributed by atoms with van der Waals surface area (Å²) in [5.41, 5.74) is 6.24. The van der Waals surface area contributed by atoms with Gasteiger partial charge in [0, 0.05) is 64.9 Å². The van der Waals surface area contributed by atoms with Crippen LogP contribution in [0.25, 0.3) is 21.8 Å². The highest BCUT2D eigenvalue weighted by molar-refractivity contribution is 6.10. The fraction of sp³-hybridized carbons (Fsp3) is 0.310. The Morgan fingerprint density at radius 1 is 1.00 bits per heavy atom.